The molecule has 2 aliphatic heterocycles. The van der Waals surface area contributed by atoms with Gasteiger partial charge in [0, 0.05) is 80.2 Å². The molecule has 0 atom stereocenters. The summed E-state index contributed by atoms with van der Waals surface area (Å²) in [7, 11) is 18.6. The number of fused-ring (bicyclic) bond motifs is 6. The van der Waals surface area contributed by atoms with E-state index in [0.29, 0.717) is 89.8 Å². The summed E-state index contributed by atoms with van der Waals surface area (Å²) < 4.78 is 10.3. The quantitative estimate of drug-likeness (QED) is 0.0691. The second-order valence-corrected chi connectivity index (χ2v) is 18.9. The molecule has 376 valence electrons. The number of aromatic nitrogens is 6. The highest BCUT2D eigenvalue weighted by Gasteiger charge is 2.36. The number of nitrogens with zero attached hydrogens (tertiary/aromatic N) is 10. The maximum absolute atomic E-state index is 13.9. The number of anilines is 6. The van der Waals surface area contributed by atoms with Gasteiger partial charge in [-0.1, -0.05) is 0 Å². The van der Waals surface area contributed by atoms with E-state index in [1.165, 1.54) is 0 Å². The van der Waals surface area contributed by atoms with Gasteiger partial charge < -0.3 is 78.9 Å². The molecule has 0 aliphatic carbocycles. The number of rotatable bonds is 18. The van der Waals surface area contributed by atoms with Gasteiger partial charge in [-0.15, -0.1) is 0 Å². The van der Waals surface area contributed by atoms with Crippen molar-refractivity contribution in [3.63, 3.8) is 0 Å². The maximum atomic E-state index is 13.9. The molecule has 2 aliphatic rings. The van der Waals surface area contributed by atoms with Crippen LogP contribution in [-0.2, 0) is 55.4 Å². The molecule has 8 rings (SSSR count). The summed E-state index contributed by atoms with van der Waals surface area (Å²) >= 11 is 0. The van der Waals surface area contributed by atoms with E-state index >= 15 is 0 Å². The Kier molecular flexibility index (Phi) is 14.0. The number of amides is 6. The minimum atomic E-state index is -0.400. The Hall–Kier alpha value is -7.98. The number of aryl methyl sites for hydroxylation is 4. The number of hydrogen-bond acceptors (Lipinski definition) is 10. The lowest BCUT2D eigenvalue weighted by atomic mass is 10.1. The summed E-state index contributed by atoms with van der Waals surface area (Å²) in [6.07, 6.45) is 8.33. The molecule has 22 heteroatoms. The summed E-state index contributed by atoms with van der Waals surface area (Å²) in [6, 6.07) is 10.2. The average molecular weight is 973 g/mol. The molecule has 6 aromatic rings. The summed E-state index contributed by atoms with van der Waals surface area (Å²) in [4.78, 5) is 88.6. The zero-order chi connectivity index (χ0) is 51.0. The maximum Gasteiger partial charge on any atom is 0.272 e. The molecular weight excluding hydrogens is 909 g/mol. The topological polar surface area (TPSA) is 217 Å². The highest BCUT2D eigenvalue weighted by Crippen LogP contribution is 2.41. The molecule has 0 saturated carbocycles. The van der Waals surface area contributed by atoms with Crippen molar-refractivity contribution in [1.82, 2.24) is 47.8 Å². The van der Waals surface area contributed by atoms with Gasteiger partial charge in [-0.05, 0) is 90.5 Å². The molecule has 6 N–H and O–H groups in total. The molecule has 71 heavy (non-hydrogen) atoms. The van der Waals surface area contributed by atoms with Crippen LogP contribution in [0.4, 0.5) is 34.1 Å². The smallest absolute Gasteiger partial charge is 0.272 e. The first kappa shape index (κ1) is 49.4. The van der Waals surface area contributed by atoms with Crippen LogP contribution in [0.15, 0.2) is 61.2 Å². The molecule has 0 aromatic carbocycles. The molecule has 0 saturated heterocycles. The summed E-state index contributed by atoms with van der Waals surface area (Å²) in [6.45, 7) is 4.31. The third kappa shape index (κ3) is 10.5. The normalized spacial score (nSPS) is 12.8. The van der Waals surface area contributed by atoms with E-state index in [1.807, 2.05) is 63.6 Å². The van der Waals surface area contributed by atoms with Gasteiger partial charge in [-0.3, -0.25) is 28.8 Å². The lowest BCUT2D eigenvalue weighted by Crippen LogP contribution is -2.46. The zero-order valence-electron chi connectivity index (χ0n) is 42.1. The van der Waals surface area contributed by atoms with Crippen LogP contribution in [-0.4, -0.2) is 134 Å². The lowest BCUT2D eigenvalue weighted by Gasteiger charge is -2.42. The standard InChI is InChI=1S/C49H64N16O6/c1-56(2)15-11-13-50-44(66)36-17-30(23-58(36)5)52-46(68)38-19-32(25-60(38)7)54-48(70)40-21-34-42(62(40)9)27-65-29-64(34)28-43-35(65)22-41(63(43)10)49(71)55-33-20-39(61(8)26-33)47(69)53-31-18-37(59(6)24-31)45(67)51-14-12-16-57(3)4/h17-26H,11-16,27-29H2,1-10H3,(H,50,66)(H,51,67)(H,52,68)(H,53,69)(H,54,70)(H,55,71). The number of carbonyl (C=O) groups excluding carboxylic acids is 6. The molecule has 6 amide bonds. The monoisotopic (exact) mass is 973 g/mol. The molecule has 0 unspecified atom stereocenters. The van der Waals surface area contributed by atoms with Crippen molar-refractivity contribution in [2.45, 2.75) is 25.9 Å². The minimum Gasteiger partial charge on any atom is -0.351 e. The first-order valence-electron chi connectivity index (χ1n) is 23.4. The van der Waals surface area contributed by atoms with Crippen LogP contribution >= 0.6 is 0 Å². The van der Waals surface area contributed by atoms with Gasteiger partial charge in [0.05, 0.1) is 65.3 Å². The van der Waals surface area contributed by atoms with Crippen LogP contribution in [0.5, 0.6) is 0 Å². The summed E-state index contributed by atoms with van der Waals surface area (Å²) in [5, 5.41) is 17.5. The molecular formula is C49H64N16O6. The largest absolute Gasteiger partial charge is 0.351 e. The molecule has 22 nitrogen and oxygen atoms in total. The van der Waals surface area contributed by atoms with Crippen molar-refractivity contribution in [3.05, 3.63) is 107 Å². The molecule has 0 fully saturated rings. The van der Waals surface area contributed by atoms with Gasteiger partial charge in [-0.25, -0.2) is 0 Å². The van der Waals surface area contributed by atoms with Crippen molar-refractivity contribution in [2.75, 3.05) is 92.1 Å². The first-order valence-corrected chi connectivity index (χ1v) is 23.4. The third-order valence-corrected chi connectivity index (χ3v) is 13.0. The van der Waals surface area contributed by atoms with Crippen LogP contribution in [0, 0.1) is 0 Å². The Morgan fingerprint density at radius 3 is 1.04 bits per heavy atom. The van der Waals surface area contributed by atoms with Gasteiger partial charge in [0.25, 0.3) is 35.4 Å². The van der Waals surface area contributed by atoms with Crippen LogP contribution in [0.25, 0.3) is 0 Å². The van der Waals surface area contributed by atoms with Gasteiger partial charge in [-0.2, -0.15) is 0 Å². The first-order chi connectivity index (χ1) is 33.8. The Morgan fingerprint density at radius 1 is 0.437 bits per heavy atom. The van der Waals surface area contributed by atoms with Crippen LogP contribution < -0.4 is 41.7 Å². The fourth-order valence-electron chi connectivity index (χ4n) is 9.19. The molecule has 0 spiro atoms. The van der Waals surface area contributed by atoms with Gasteiger partial charge in [0.2, 0.25) is 0 Å². The van der Waals surface area contributed by atoms with Crippen molar-refractivity contribution >= 4 is 69.6 Å². The highest BCUT2D eigenvalue weighted by molar-refractivity contribution is 6.09. The SMILES string of the molecule is CN(C)CCCNC(=O)c1cc(NC(=O)c2cc(NC(=O)c3cc4c(n3C)CN3CN4Cc4c3cc(C(=O)Nc3cc(C(=O)Nc5cc(C(=O)NCCCN(C)C)n(C)c5)n(C)c3)n4C)cn2C)cn1C. The minimum absolute atomic E-state index is 0.227. The van der Waals surface area contributed by atoms with Crippen molar-refractivity contribution in [3.8, 4) is 0 Å². The van der Waals surface area contributed by atoms with Crippen molar-refractivity contribution in [2.24, 2.45) is 42.3 Å². The van der Waals surface area contributed by atoms with Crippen LogP contribution in [0.3, 0.4) is 0 Å². The Morgan fingerprint density at radius 2 is 0.732 bits per heavy atom. The van der Waals surface area contributed by atoms with Gasteiger partial charge in [0.1, 0.15) is 34.2 Å². The highest BCUT2D eigenvalue weighted by atomic mass is 16.2. The lowest BCUT2D eigenvalue weighted by molar-refractivity contribution is 0.0936. The predicted molar refractivity (Wildman–Crippen MR) is 273 cm³/mol. The molecule has 8 heterocycles. The molecule has 2 bridgehead atoms. The fraction of sp³-hybridized carbons (Fsp3) is 0.388. The van der Waals surface area contributed by atoms with Crippen LogP contribution in [0.2, 0.25) is 0 Å². The van der Waals surface area contributed by atoms with E-state index in [-0.39, 0.29) is 23.6 Å². The third-order valence-electron chi connectivity index (χ3n) is 13.0. The number of nitrogens with one attached hydrogen (secondary N) is 6. The van der Waals surface area contributed by atoms with Crippen LogP contribution in [0.1, 0.15) is 87.2 Å². The van der Waals surface area contributed by atoms with E-state index in [0.717, 1.165) is 48.7 Å². The second kappa shape index (κ2) is 20.2. The fourth-order valence-corrected chi connectivity index (χ4v) is 9.19. The average Bonchev–Trinajstić information content (AvgIpc) is 4.17. The van der Waals surface area contributed by atoms with Gasteiger partial charge in [0.15, 0.2) is 0 Å². The summed E-state index contributed by atoms with van der Waals surface area (Å²) in [5.41, 5.74) is 7.84. The molecule has 6 aromatic heterocycles. The number of carbonyl (C=O) groups is 6. The van der Waals surface area contributed by atoms with E-state index in [1.54, 1.807) is 95.5 Å². The molecule has 0 radical (unpaired) electrons. The van der Waals surface area contributed by atoms with E-state index < -0.39 is 11.8 Å². The number of hydrogen-bond donors (Lipinski definition) is 6. The van der Waals surface area contributed by atoms with E-state index in [2.05, 4.69) is 51.5 Å². The van der Waals surface area contributed by atoms with Crippen molar-refractivity contribution < 1.29 is 28.8 Å². The summed E-state index contributed by atoms with van der Waals surface area (Å²) in [5.74, 6) is -1.93. The Labute approximate surface area is 412 Å². The van der Waals surface area contributed by atoms with E-state index in [9.17, 15) is 28.8 Å². The second-order valence-electron chi connectivity index (χ2n) is 18.9. The van der Waals surface area contributed by atoms with Crippen molar-refractivity contribution in [1.29, 1.82) is 0 Å². The predicted octanol–water partition coefficient (Wildman–Crippen LogP) is 3.39. The Balaban J connectivity index is 0.877. The van der Waals surface area contributed by atoms with Gasteiger partial charge >= 0.3 is 0 Å². The zero-order valence-corrected chi connectivity index (χ0v) is 42.1. The van der Waals surface area contributed by atoms with E-state index in [4.69, 9.17) is 0 Å². The Bertz CT molecular complexity index is 2840.